The van der Waals surface area contributed by atoms with Crippen molar-refractivity contribution in [2.75, 3.05) is 11.9 Å². The van der Waals surface area contributed by atoms with Crippen molar-refractivity contribution in [3.63, 3.8) is 0 Å². The highest BCUT2D eigenvalue weighted by atomic mass is 35.5. The highest BCUT2D eigenvalue weighted by Gasteiger charge is 2.15. The summed E-state index contributed by atoms with van der Waals surface area (Å²) in [6, 6.07) is 21.8. The van der Waals surface area contributed by atoms with Gasteiger partial charge in [0, 0.05) is 23.6 Å². The Morgan fingerprint density at radius 2 is 1.53 bits per heavy atom. The molecule has 6 heteroatoms. The van der Waals surface area contributed by atoms with Gasteiger partial charge in [0.05, 0.1) is 21.8 Å². The number of para-hydroxylation sites is 2. The molecule has 2 amide bonds. The average Bonchev–Trinajstić information content (AvgIpc) is 3.17. The molecule has 0 aliphatic rings. The number of carbonyl (C=O) groups excluding carboxylic acids is 2. The van der Waals surface area contributed by atoms with Crippen molar-refractivity contribution in [3.8, 4) is 0 Å². The van der Waals surface area contributed by atoms with Crippen LogP contribution in [0.3, 0.4) is 0 Å². The molecule has 0 bridgehead atoms. The molecule has 0 spiro atoms. The van der Waals surface area contributed by atoms with Gasteiger partial charge in [0.1, 0.15) is 0 Å². The molecule has 0 atom stereocenters. The van der Waals surface area contributed by atoms with E-state index in [4.69, 9.17) is 11.6 Å². The Hall–Kier alpha value is -3.57. The number of carbonyl (C=O) groups is 2. The lowest BCUT2D eigenvalue weighted by Gasteiger charge is -2.12. The summed E-state index contributed by atoms with van der Waals surface area (Å²) in [5.41, 5.74) is 3.41. The van der Waals surface area contributed by atoms with Crippen molar-refractivity contribution in [2.24, 2.45) is 0 Å². The number of benzene rings is 3. The second-order valence-corrected chi connectivity index (χ2v) is 7.25. The second kappa shape index (κ2) is 8.84. The van der Waals surface area contributed by atoms with Crippen LogP contribution >= 0.6 is 11.6 Å². The highest BCUT2D eigenvalue weighted by Crippen LogP contribution is 2.20. The number of halogens is 1. The van der Waals surface area contributed by atoms with Gasteiger partial charge in [-0.25, -0.2) is 0 Å². The van der Waals surface area contributed by atoms with E-state index in [0.717, 1.165) is 16.5 Å². The third kappa shape index (κ3) is 4.21. The normalized spacial score (nSPS) is 10.7. The molecule has 0 radical (unpaired) electrons. The number of anilines is 1. The second-order valence-electron chi connectivity index (χ2n) is 6.84. The van der Waals surface area contributed by atoms with E-state index in [-0.39, 0.29) is 11.8 Å². The van der Waals surface area contributed by atoms with Crippen LogP contribution in [0.25, 0.3) is 10.9 Å². The summed E-state index contributed by atoms with van der Waals surface area (Å²) < 4.78 is 0. The minimum Gasteiger partial charge on any atom is -0.361 e. The van der Waals surface area contributed by atoms with Crippen molar-refractivity contribution in [1.82, 2.24) is 10.3 Å². The topological polar surface area (TPSA) is 74.0 Å². The summed E-state index contributed by atoms with van der Waals surface area (Å²) in [4.78, 5) is 28.6. The fourth-order valence-corrected chi connectivity index (χ4v) is 3.59. The van der Waals surface area contributed by atoms with Gasteiger partial charge in [0.2, 0.25) is 0 Å². The number of hydrogen-bond donors (Lipinski definition) is 3. The van der Waals surface area contributed by atoms with Gasteiger partial charge in [-0.05, 0) is 42.3 Å². The SMILES string of the molecule is O=C(Nc1ccccc1C(=O)NCCc1c[nH]c2ccccc12)c1ccccc1Cl. The van der Waals surface area contributed by atoms with E-state index in [1.807, 2.05) is 24.4 Å². The van der Waals surface area contributed by atoms with Crippen molar-refractivity contribution in [3.05, 3.63) is 101 Å². The predicted molar refractivity (Wildman–Crippen MR) is 120 cm³/mol. The van der Waals surface area contributed by atoms with Gasteiger partial charge < -0.3 is 15.6 Å². The maximum atomic E-state index is 12.7. The van der Waals surface area contributed by atoms with Crippen molar-refractivity contribution >= 4 is 40.0 Å². The van der Waals surface area contributed by atoms with Crippen LogP contribution in [0.1, 0.15) is 26.3 Å². The first-order chi connectivity index (χ1) is 14.6. The van der Waals surface area contributed by atoms with Crippen LogP contribution in [0, 0.1) is 0 Å². The molecule has 30 heavy (non-hydrogen) atoms. The molecule has 0 aliphatic heterocycles. The minimum atomic E-state index is -0.361. The zero-order valence-corrected chi connectivity index (χ0v) is 16.9. The quantitative estimate of drug-likeness (QED) is 0.411. The summed E-state index contributed by atoms with van der Waals surface area (Å²) in [6.07, 6.45) is 2.67. The van der Waals surface area contributed by atoms with Gasteiger partial charge in [-0.1, -0.05) is 54.1 Å². The van der Waals surface area contributed by atoms with Crippen molar-refractivity contribution in [1.29, 1.82) is 0 Å². The molecule has 4 aromatic rings. The van der Waals surface area contributed by atoms with Gasteiger partial charge >= 0.3 is 0 Å². The van der Waals surface area contributed by atoms with E-state index in [1.165, 1.54) is 0 Å². The Bertz CT molecular complexity index is 1220. The Balaban J connectivity index is 1.43. The maximum Gasteiger partial charge on any atom is 0.257 e. The standard InChI is InChI=1S/C24H20ClN3O2/c25-20-10-4-1-8-18(20)24(30)28-22-12-6-3-9-19(22)23(29)26-14-13-16-15-27-21-11-5-2-7-17(16)21/h1-12,15,27H,13-14H2,(H,26,29)(H,28,30). The molecule has 3 N–H and O–H groups in total. The van der Waals surface area contributed by atoms with E-state index in [1.54, 1.807) is 48.5 Å². The lowest BCUT2D eigenvalue weighted by Crippen LogP contribution is -2.27. The van der Waals surface area contributed by atoms with E-state index in [9.17, 15) is 9.59 Å². The zero-order valence-electron chi connectivity index (χ0n) is 16.1. The summed E-state index contributed by atoms with van der Waals surface area (Å²) in [7, 11) is 0. The number of nitrogens with one attached hydrogen (secondary N) is 3. The van der Waals surface area contributed by atoms with Gasteiger partial charge in [-0.15, -0.1) is 0 Å². The lowest BCUT2D eigenvalue weighted by atomic mass is 10.1. The monoisotopic (exact) mass is 417 g/mol. The number of aromatic amines is 1. The van der Waals surface area contributed by atoms with Gasteiger partial charge in [-0.3, -0.25) is 9.59 Å². The number of rotatable bonds is 6. The fourth-order valence-electron chi connectivity index (χ4n) is 3.37. The summed E-state index contributed by atoms with van der Waals surface area (Å²) >= 11 is 6.10. The Morgan fingerprint density at radius 3 is 2.37 bits per heavy atom. The number of aromatic nitrogens is 1. The fraction of sp³-hybridized carbons (Fsp3) is 0.0833. The van der Waals surface area contributed by atoms with Crippen molar-refractivity contribution in [2.45, 2.75) is 6.42 Å². The largest absolute Gasteiger partial charge is 0.361 e. The average molecular weight is 418 g/mol. The Morgan fingerprint density at radius 1 is 0.833 bits per heavy atom. The Labute approximate surface area is 179 Å². The molecule has 0 aliphatic carbocycles. The highest BCUT2D eigenvalue weighted by molar-refractivity contribution is 6.34. The molecule has 5 nitrogen and oxygen atoms in total. The van der Waals surface area contributed by atoms with Crippen LogP contribution in [0.5, 0.6) is 0 Å². The van der Waals surface area contributed by atoms with E-state index < -0.39 is 0 Å². The summed E-state index contributed by atoms with van der Waals surface area (Å²) in [5, 5.41) is 7.23. The molecule has 0 saturated carbocycles. The third-order valence-corrected chi connectivity index (χ3v) is 5.22. The van der Waals surface area contributed by atoms with Gasteiger partial charge in [0.15, 0.2) is 0 Å². The van der Waals surface area contributed by atoms with Crippen LogP contribution in [-0.2, 0) is 6.42 Å². The van der Waals surface area contributed by atoms with Gasteiger partial charge in [-0.2, -0.15) is 0 Å². The number of H-pyrrole nitrogens is 1. The molecule has 0 fully saturated rings. The first kappa shape index (κ1) is 19.7. The molecule has 150 valence electrons. The third-order valence-electron chi connectivity index (χ3n) is 4.89. The molecule has 0 saturated heterocycles. The zero-order chi connectivity index (χ0) is 20.9. The molecule has 1 heterocycles. The van der Waals surface area contributed by atoms with E-state index in [2.05, 4.69) is 21.7 Å². The number of amides is 2. The van der Waals surface area contributed by atoms with Crippen LogP contribution in [0.2, 0.25) is 5.02 Å². The van der Waals surface area contributed by atoms with Crippen LogP contribution < -0.4 is 10.6 Å². The molecule has 0 unspecified atom stereocenters. The van der Waals surface area contributed by atoms with E-state index >= 15 is 0 Å². The predicted octanol–water partition coefficient (Wildman–Crippen LogP) is 5.05. The molecule has 4 rings (SSSR count). The van der Waals surface area contributed by atoms with Crippen LogP contribution in [0.4, 0.5) is 5.69 Å². The first-order valence-corrected chi connectivity index (χ1v) is 9.99. The molecular weight excluding hydrogens is 398 g/mol. The van der Waals surface area contributed by atoms with Crippen LogP contribution in [-0.4, -0.2) is 23.3 Å². The minimum absolute atomic E-state index is 0.245. The first-order valence-electron chi connectivity index (χ1n) is 9.61. The summed E-state index contributed by atoms with van der Waals surface area (Å²) in [6.45, 7) is 0.480. The maximum absolute atomic E-state index is 12.7. The van der Waals surface area contributed by atoms with E-state index in [0.29, 0.717) is 34.8 Å². The van der Waals surface area contributed by atoms with Crippen LogP contribution in [0.15, 0.2) is 79.0 Å². The Kier molecular flexibility index (Phi) is 5.82. The molecule has 1 aromatic heterocycles. The number of fused-ring (bicyclic) bond motifs is 1. The molecular formula is C24H20ClN3O2. The molecule has 3 aromatic carbocycles. The van der Waals surface area contributed by atoms with Gasteiger partial charge in [0.25, 0.3) is 11.8 Å². The number of hydrogen-bond acceptors (Lipinski definition) is 2. The van der Waals surface area contributed by atoms with Crippen molar-refractivity contribution < 1.29 is 9.59 Å². The summed E-state index contributed by atoms with van der Waals surface area (Å²) in [5.74, 6) is -0.607. The smallest absolute Gasteiger partial charge is 0.257 e. The lowest BCUT2D eigenvalue weighted by molar-refractivity contribution is 0.0955.